The van der Waals surface area contributed by atoms with E-state index in [9.17, 15) is 4.79 Å². The Morgan fingerprint density at radius 3 is 2.07 bits per heavy atom. The van der Waals surface area contributed by atoms with E-state index in [0.717, 1.165) is 9.43 Å². The monoisotopic (exact) mass is 298 g/mol. The first-order valence-electron chi connectivity index (χ1n) is 4.79. The van der Waals surface area contributed by atoms with Crippen LogP contribution in [0.15, 0.2) is 24.3 Å². The van der Waals surface area contributed by atoms with Crippen LogP contribution < -0.4 is 0 Å². The standard InChI is InChI=1S/C10H11O.2CH3.Sb/c1-3-9-4-6-10(7-5-9)8(2)11;;;/h3-7H,1-2H3;2*1H3;. The molecule has 0 saturated carbocycles. The normalized spacial score (nSPS) is 12.9. The molecule has 1 unspecified atom stereocenters. The van der Waals surface area contributed by atoms with Gasteiger partial charge in [-0.25, -0.2) is 0 Å². The van der Waals surface area contributed by atoms with Crippen LogP contribution in [0.3, 0.4) is 0 Å². The fourth-order valence-corrected chi connectivity index (χ4v) is 3.49. The van der Waals surface area contributed by atoms with Crippen LogP contribution >= 0.6 is 0 Å². The van der Waals surface area contributed by atoms with Crippen molar-refractivity contribution in [2.45, 2.75) is 27.5 Å². The van der Waals surface area contributed by atoms with Gasteiger partial charge in [-0.15, -0.1) is 0 Å². The summed E-state index contributed by atoms with van der Waals surface area (Å²) in [6.07, 6.45) is 0. The molecule has 0 aliphatic rings. The van der Waals surface area contributed by atoms with Crippen molar-refractivity contribution in [1.82, 2.24) is 0 Å². The molecule has 0 saturated heterocycles. The molecular weight excluding hydrogens is 282 g/mol. The van der Waals surface area contributed by atoms with Crippen molar-refractivity contribution in [3.8, 4) is 0 Å². The molecule has 0 aromatic heterocycles. The molecule has 1 rings (SSSR count). The molecule has 1 aromatic rings. The van der Waals surface area contributed by atoms with Gasteiger partial charge in [0.2, 0.25) is 0 Å². The van der Waals surface area contributed by atoms with Gasteiger partial charge in [0.15, 0.2) is 0 Å². The van der Waals surface area contributed by atoms with Crippen molar-refractivity contribution < 1.29 is 4.79 Å². The fourth-order valence-electron chi connectivity index (χ4n) is 1.29. The summed E-state index contributed by atoms with van der Waals surface area (Å²) in [7, 11) is 0. The van der Waals surface area contributed by atoms with E-state index >= 15 is 0 Å². The molecule has 0 bridgehead atoms. The zero-order valence-corrected chi connectivity index (χ0v) is 11.8. The molecule has 0 aliphatic carbocycles. The minimum absolute atomic E-state index is 0.148. The molecule has 0 radical (unpaired) electrons. The van der Waals surface area contributed by atoms with Crippen molar-refractivity contribution in [1.29, 1.82) is 0 Å². The van der Waals surface area contributed by atoms with Gasteiger partial charge in [0.1, 0.15) is 0 Å². The molecule has 0 spiro atoms. The summed E-state index contributed by atoms with van der Waals surface area (Å²) in [6.45, 7) is 3.91. The van der Waals surface area contributed by atoms with Crippen molar-refractivity contribution in [2.75, 3.05) is 0 Å². The molecule has 14 heavy (non-hydrogen) atoms. The van der Waals surface area contributed by atoms with Gasteiger partial charge in [0.25, 0.3) is 0 Å². The summed E-state index contributed by atoms with van der Waals surface area (Å²) in [5.41, 5.74) is 2.21. The zero-order valence-electron chi connectivity index (χ0n) is 9.24. The second-order valence-corrected chi connectivity index (χ2v) is 11.5. The van der Waals surface area contributed by atoms with Crippen LogP contribution in [0.4, 0.5) is 0 Å². The summed E-state index contributed by atoms with van der Waals surface area (Å²) < 4.78 is 0.735. The minimum atomic E-state index is -1.02. The topological polar surface area (TPSA) is 17.1 Å². The van der Waals surface area contributed by atoms with E-state index < -0.39 is 20.2 Å². The van der Waals surface area contributed by atoms with Crippen molar-refractivity contribution in [2.24, 2.45) is 0 Å². The number of carbonyl (C=O) groups is 1. The Kier molecular flexibility index (Phi) is 4.19. The SMILES string of the molecule is CC(=O)c1ccc([CH](C)[Sb]([CH3])[CH3])cc1. The van der Waals surface area contributed by atoms with E-state index in [0.29, 0.717) is 0 Å². The van der Waals surface area contributed by atoms with Crippen LogP contribution in [0.25, 0.3) is 0 Å². The third-order valence-electron chi connectivity index (χ3n) is 2.57. The van der Waals surface area contributed by atoms with Crippen LogP contribution in [-0.4, -0.2) is 26.0 Å². The van der Waals surface area contributed by atoms with Gasteiger partial charge in [-0.3, -0.25) is 0 Å². The van der Waals surface area contributed by atoms with Gasteiger partial charge in [-0.1, -0.05) is 0 Å². The number of hydrogen-bond acceptors (Lipinski definition) is 1. The van der Waals surface area contributed by atoms with Crippen molar-refractivity contribution >= 4 is 26.0 Å². The third kappa shape index (κ3) is 2.85. The van der Waals surface area contributed by atoms with Gasteiger partial charge in [-0.05, 0) is 0 Å². The quantitative estimate of drug-likeness (QED) is 0.618. The Morgan fingerprint density at radius 2 is 1.71 bits per heavy atom. The van der Waals surface area contributed by atoms with Crippen LogP contribution in [0.2, 0.25) is 9.74 Å². The van der Waals surface area contributed by atoms with E-state index in [1.54, 1.807) is 6.92 Å². The van der Waals surface area contributed by atoms with Gasteiger partial charge in [0, 0.05) is 0 Å². The van der Waals surface area contributed by atoms with E-state index in [2.05, 4.69) is 28.8 Å². The predicted octanol–water partition coefficient (Wildman–Crippen LogP) is 3.29. The Morgan fingerprint density at radius 1 is 1.21 bits per heavy atom. The average molecular weight is 299 g/mol. The van der Waals surface area contributed by atoms with Crippen LogP contribution in [0.1, 0.15) is 33.6 Å². The summed E-state index contributed by atoms with van der Waals surface area (Å²) in [6, 6.07) is 8.09. The third-order valence-corrected chi connectivity index (χ3v) is 7.85. The molecule has 0 amide bonds. The number of benzene rings is 1. The number of rotatable bonds is 3. The summed E-state index contributed by atoms with van der Waals surface area (Å²) in [5, 5.41) is 0. The number of Topliss-reactive ketones (excluding diaryl/α,β-unsaturated/α-hetero) is 1. The molecule has 1 aromatic carbocycles. The van der Waals surface area contributed by atoms with E-state index in [-0.39, 0.29) is 5.78 Å². The summed E-state index contributed by atoms with van der Waals surface area (Å²) in [4.78, 5) is 15.9. The van der Waals surface area contributed by atoms with Crippen molar-refractivity contribution in [3.63, 3.8) is 0 Å². The van der Waals surface area contributed by atoms with Gasteiger partial charge in [-0.2, -0.15) is 0 Å². The fraction of sp³-hybridized carbons (Fsp3) is 0.417. The Bertz CT molecular complexity index is 314. The Balaban J connectivity index is 2.88. The first kappa shape index (κ1) is 11.8. The molecule has 1 atom stereocenters. The molecule has 0 heterocycles. The summed E-state index contributed by atoms with van der Waals surface area (Å²) in [5.74, 6) is 0.148. The van der Waals surface area contributed by atoms with E-state index in [1.807, 2.05) is 12.1 Å². The van der Waals surface area contributed by atoms with E-state index in [1.165, 1.54) is 5.56 Å². The molecular formula is C12H17OSb. The first-order valence-corrected chi connectivity index (χ1v) is 11.4. The van der Waals surface area contributed by atoms with Gasteiger partial charge >= 0.3 is 93.6 Å². The first-order chi connectivity index (χ1) is 6.52. The van der Waals surface area contributed by atoms with Gasteiger partial charge in [0.05, 0.1) is 0 Å². The molecule has 0 N–H and O–H groups in total. The molecule has 0 aliphatic heterocycles. The number of carbonyl (C=O) groups excluding carboxylic acids is 1. The van der Waals surface area contributed by atoms with Crippen LogP contribution in [-0.2, 0) is 0 Å². The second-order valence-electron chi connectivity index (χ2n) is 3.82. The van der Waals surface area contributed by atoms with E-state index in [4.69, 9.17) is 0 Å². The maximum absolute atomic E-state index is 11.1. The summed E-state index contributed by atoms with van der Waals surface area (Å²) >= 11 is -1.02. The average Bonchev–Trinajstić information content (AvgIpc) is 2.16. The maximum atomic E-state index is 11.1. The van der Waals surface area contributed by atoms with Crippen LogP contribution in [0, 0.1) is 0 Å². The molecule has 0 fully saturated rings. The number of hydrogen-bond donors (Lipinski definition) is 0. The van der Waals surface area contributed by atoms with Gasteiger partial charge < -0.3 is 0 Å². The van der Waals surface area contributed by atoms with Crippen LogP contribution in [0.5, 0.6) is 0 Å². The molecule has 2 heteroatoms. The Labute approximate surface area is 93.5 Å². The molecule has 1 nitrogen and oxygen atoms in total. The second kappa shape index (κ2) is 4.98. The zero-order chi connectivity index (χ0) is 10.7. The molecule has 76 valence electrons. The van der Waals surface area contributed by atoms with Crippen molar-refractivity contribution in [3.05, 3.63) is 35.4 Å². The Hall–Kier alpha value is -0.292. The predicted molar refractivity (Wildman–Crippen MR) is 62.3 cm³/mol. The number of ketones is 1.